The second kappa shape index (κ2) is 16.5. The quantitative estimate of drug-likeness (QED) is 0.208. The average molecular weight is 559 g/mol. The summed E-state index contributed by atoms with van der Waals surface area (Å²) in [6, 6.07) is 7.91. The predicted octanol–water partition coefficient (Wildman–Crippen LogP) is 4.27. The van der Waals surface area contributed by atoms with E-state index in [4.69, 9.17) is 16.3 Å². The normalized spacial score (nSPS) is 12.1. The molecule has 39 heavy (non-hydrogen) atoms. The lowest BCUT2D eigenvalue weighted by molar-refractivity contribution is -0.142. The number of anilines is 1. The van der Waals surface area contributed by atoms with E-state index in [9.17, 15) is 14.7 Å². The van der Waals surface area contributed by atoms with Crippen LogP contribution in [0, 0.1) is 6.92 Å². The molecular weight excluding hydrogens is 520 g/mol. The lowest BCUT2D eigenvalue weighted by Crippen LogP contribution is -2.31. The van der Waals surface area contributed by atoms with E-state index in [-0.39, 0.29) is 37.7 Å². The van der Waals surface area contributed by atoms with Crippen LogP contribution in [0.25, 0.3) is 11.3 Å². The van der Waals surface area contributed by atoms with Gasteiger partial charge >= 0.3 is 5.97 Å². The van der Waals surface area contributed by atoms with Crippen molar-refractivity contribution in [1.82, 2.24) is 25.6 Å². The molecule has 1 amide bonds. The third-order valence-electron chi connectivity index (χ3n) is 5.50. The van der Waals surface area contributed by atoms with Crippen molar-refractivity contribution in [3.05, 3.63) is 64.6 Å². The van der Waals surface area contributed by atoms with Crippen molar-refractivity contribution in [2.45, 2.75) is 52.6 Å². The molecule has 2 aromatic heterocycles. The van der Waals surface area contributed by atoms with Crippen LogP contribution in [0.3, 0.4) is 0 Å². The minimum atomic E-state index is -0.604. The summed E-state index contributed by atoms with van der Waals surface area (Å²) in [7, 11) is 1.68. The Hall–Kier alpha value is -3.47. The zero-order chi connectivity index (χ0) is 28.8. The van der Waals surface area contributed by atoms with Crippen LogP contribution in [0.1, 0.15) is 61.3 Å². The molecule has 0 aliphatic carbocycles. The number of aliphatic hydroxyl groups excluding tert-OH is 1. The van der Waals surface area contributed by atoms with Gasteiger partial charge in [-0.3, -0.25) is 9.59 Å². The van der Waals surface area contributed by atoms with Crippen LogP contribution in [0.2, 0.25) is 5.02 Å². The smallest absolute Gasteiger partial charge is 0.319 e. The van der Waals surface area contributed by atoms with Gasteiger partial charge in [0.25, 0.3) is 5.91 Å². The predicted molar refractivity (Wildman–Crippen MR) is 154 cm³/mol. The summed E-state index contributed by atoms with van der Waals surface area (Å²) in [5.74, 6) is -0.319. The van der Waals surface area contributed by atoms with Gasteiger partial charge in [0, 0.05) is 23.0 Å². The van der Waals surface area contributed by atoms with Gasteiger partial charge in [-0.05, 0) is 49.7 Å². The number of hydrogen-bond acceptors (Lipinski definition) is 8. The molecule has 0 aliphatic rings. The Kier molecular flexibility index (Phi) is 13.4. The van der Waals surface area contributed by atoms with Gasteiger partial charge < -0.3 is 30.8 Å². The molecule has 1 aromatic carbocycles. The number of aromatic nitrogens is 3. The fourth-order valence-corrected chi connectivity index (χ4v) is 3.69. The second-order valence-corrected chi connectivity index (χ2v) is 9.40. The van der Waals surface area contributed by atoms with Crippen molar-refractivity contribution in [2.75, 3.05) is 32.1 Å². The number of halogens is 1. The van der Waals surface area contributed by atoms with E-state index >= 15 is 0 Å². The van der Waals surface area contributed by atoms with Crippen LogP contribution in [0.15, 0.2) is 42.7 Å². The highest BCUT2D eigenvalue weighted by molar-refractivity contribution is 6.30. The number of aliphatic hydroxyl groups is 1. The van der Waals surface area contributed by atoms with Crippen molar-refractivity contribution in [2.24, 2.45) is 0 Å². The molecule has 3 aromatic rings. The number of ether oxygens (including phenoxy) is 1. The number of nitrogens with zero attached hydrogens (tertiary/aromatic N) is 2. The Morgan fingerprint density at radius 1 is 1.21 bits per heavy atom. The number of amides is 1. The molecule has 10 nitrogen and oxygen atoms in total. The molecule has 11 heteroatoms. The monoisotopic (exact) mass is 558 g/mol. The van der Waals surface area contributed by atoms with Gasteiger partial charge in [0.05, 0.1) is 30.9 Å². The standard InChI is InChI=1S/C25H31ClN6O4.C3H8/c1-4-19(14-36-22(34)12-27-3)30-25-29-10-15(2)23(32-25)17-9-20(28-11-17)24(35)31-21(13-33)16-6-5-7-18(26)8-16;1-3-2/h5-11,19,21,27-28,33H,4,12-14H2,1-3H3,(H,31,35)(H,29,30,32);3H2,1-2H3/t19-,21-;/m1./s1. The second-order valence-electron chi connectivity index (χ2n) is 8.96. The number of carbonyl (C=O) groups is 2. The van der Waals surface area contributed by atoms with Gasteiger partial charge in [0.1, 0.15) is 12.3 Å². The molecule has 3 rings (SSSR count). The van der Waals surface area contributed by atoms with E-state index in [0.29, 0.717) is 39.9 Å². The maximum absolute atomic E-state index is 12.8. The number of carbonyl (C=O) groups excluding carboxylic acids is 2. The van der Waals surface area contributed by atoms with E-state index in [1.807, 2.05) is 13.8 Å². The zero-order valence-electron chi connectivity index (χ0n) is 23.2. The molecule has 0 saturated carbocycles. The van der Waals surface area contributed by atoms with Gasteiger partial charge in [0.2, 0.25) is 5.95 Å². The highest BCUT2D eigenvalue weighted by Crippen LogP contribution is 2.24. The lowest BCUT2D eigenvalue weighted by Gasteiger charge is -2.17. The number of hydrogen-bond donors (Lipinski definition) is 5. The molecule has 5 N–H and O–H groups in total. The number of aryl methyl sites for hydroxylation is 1. The summed E-state index contributed by atoms with van der Waals surface area (Å²) < 4.78 is 5.26. The first kappa shape index (κ1) is 31.7. The van der Waals surface area contributed by atoms with Crippen molar-refractivity contribution < 1.29 is 19.4 Å². The van der Waals surface area contributed by atoms with Crippen LogP contribution >= 0.6 is 11.6 Å². The fourth-order valence-electron chi connectivity index (χ4n) is 3.49. The van der Waals surface area contributed by atoms with Crippen molar-refractivity contribution in [3.8, 4) is 11.3 Å². The minimum absolute atomic E-state index is 0.142. The topological polar surface area (TPSA) is 141 Å². The van der Waals surface area contributed by atoms with Crippen molar-refractivity contribution >= 4 is 29.4 Å². The highest BCUT2D eigenvalue weighted by atomic mass is 35.5. The van der Waals surface area contributed by atoms with E-state index in [0.717, 1.165) is 5.56 Å². The molecule has 2 atom stereocenters. The summed E-state index contributed by atoms with van der Waals surface area (Å²) >= 11 is 6.04. The molecule has 2 heterocycles. The summed E-state index contributed by atoms with van der Waals surface area (Å²) in [5.41, 5.74) is 3.21. The zero-order valence-corrected chi connectivity index (χ0v) is 23.9. The molecule has 0 bridgehead atoms. The van der Waals surface area contributed by atoms with Crippen molar-refractivity contribution in [3.63, 3.8) is 0 Å². The largest absolute Gasteiger partial charge is 0.463 e. The van der Waals surface area contributed by atoms with Gasteiger partial charge in [-0.1, -0.05) is 50.9 Å². The Morgan fingerprint density at radius 2 is 1.95 bits per heavy atom. The summed E-state index contributed by atoms with van der Waals surface area (Å²) in [6.07, 6.45) is 5.34. The first-order chi connectivity index (χ1) is 18.8. The number of rotatable bonds is 12. The van der Waals surface area contributed by atoms with E-state index in [1.165, 1.54) is 6.42 Å². The molecule has 0 aliphatic heterocycles. The van der Waals surface area contributed by atoms with Gasteiger partial charge in [-0.25, -0.2) is 9.97 Å². The van der Waals surface area contributed by atoms with Crippen LogP contribution < -0.4 is 16.0 Å². The van der Waals surface area contributed by atoms with Crippen LogP contribution in [-0.2, 0) is 9.53 Å². The van der Waals surface area contributed by atoms with Crippen LogP contribution in [0.4, 0.5) is 5.95 Å². The number of esters is 1. The third-order valence-corrected chi connectivity index (χ3v) is 5.74. The van der Waals surface area contributed by atoms with E-state index in [2.05, 4.69) is 44.7 Å². The Labute approximate surface area is 234 Å². The molecule has 0 fully saturated rings. The number of nitrogens with one attached hydrogen (secondary N) is 4. The van der Waals surface area contributed by atoms with Gasteiger partial charge in [-0.2, -0.15) is 0 Å². The highest BCUT2D eigenvalue weighted by Gasteiger charge is 2.18. The average Bonchev–Trinajstić information content (AvgIpc) is 3.41. The number of H-pyrrole nitrogens is 1. The molecule has 0 radical (unpaired) electrons. The summed E-state index contributed by atoms with van der Waals surface area (Å²) in [6.45, 7) is 8.16. The summed E-state index contributed by atoms with van der Waals surface area (Å²) in [5, 5.41) is 19.1. The summed E-state index contributed by atoms with van der Waals surface area (Å²) in [4.78, 5) is 36.4. The van der Waals surface area contributed by atoms with E-state index < -0.39 is 6.04 Å². The first-order valence-corrected chi connectivity index (χ1v) is 13.4. The fraction of sp³-hybridized carbons (Fsp3) is 0.429. The van der Waals surface area contributed by atoms with Crippen LogP contribution in [-0.4, -0.2) is 64.8 Å². The Balaban J connectivity index is 0.00000170. The molecule has 0 saturated heterocycles. The Morgan fingerprint density at radius 3 is 2.59 bits per heavy atom. The van der Waals surface area contributed by atoms with Crippen LogP contribution in [0.5, 0.6) is 0 Å². The number of likely N-dealkylation sites (N-methyl/N-ethyl adjacent to an activating group) is 1. The lowest BCUT2D eigenvalue weighted by atomic mass is 10.1. The molecule has 0 spiro atoms. The SMILES string of the molecule is CCC.CC[C@H](COC(=O)CNC)Nc1ncc(C)c(-c2c[nH]c(C(=O)N[C@H](CO)c3cccc(Cl)c3)c2)n1. The first-order valence-electron chi connectivity index (χ1n) is 13.0. The molecule has 0 unspecified atom stereocenters. The van der Waals surface area contributed by atoms with E-state index in [1.54, 1.807) is 49.8 Å². The van der Waals surface area contributed by atoms with Gasteiger partial charge in [-0.15, -0.1) is 0 Å². The third kappa shape index (κ3) is 9.97. The van der Waals surface area contributed by atoms with Gasteiger partial charge in [0.15, 0.2) is 0 Å². The maximum atomic E-state index is 12.8. The Bertz CT molecular complexity index is 1200. The maximum Gasteiger partial charge on any atom is 0.319 e. The number of aromatic amines is 1. The molecular formula is C28H39ClN6O4. The minimum Gasteiger partial charge on any atom is -0.463 e. The number of benzene rings is 1. The molecule has 212 valence electrons. The van der Waals surface area contributed by atoms with Crippen molar-refractivity contribution in [1.29, 1.82) is 0 Å².